The van der Waals surface area contributed by atoms with Gasteiger partial charge in [-0.2, -0.15) is 0 Å². The molecule has 2 N–H and O–H groups in total. The molecule has 2 atom stereocenters. The van der Waals surface area contributed by atoms with Crippen LogP contribution in [-0.4, -0.2) is 53.6 Å². The van der Waals surface area contributed by atoms with Crippen LogP contribution in [0.5, 0.6) is 5.75 Å². The van der Waals surface area contributed by atoms with Crippen molar-refractivity contribution in [2.75, 3.05) is 26.2 Å². The summed E-state index contributed by atoms with van der Waals surface area (Å²) in [6, 6.07) is 5.42. The average Bonchev–Trinajstić information content (AvgIpc) is 2.76. The van der Waals surface area contributed by atoms with E-state index in [1.807, 2.05) is 17.0 Å². The summed E-state index contributed by atoms with van der Waals surface area (Å²) in [6.45, 7) is 2.12. The lowest BCUT2D eigenvalue weighted by Crippen LogP contribution is -2.34. The van der Waals surface area contributed by atoms with Crippen LogP contribution in [0, 0.1) is 0 Å². The number of benzene rings is 1. The normalized spacial score (nSPS) is 21.6. The predicted molar refractivity (Wildman–Crippen MR) is 77.7 cm³/mol. The van der Waals surface area contributed by atoms with Crippen molar-refractivity contribution in [2.24, 2.45) is 0 Å². The van der Waals surface area contributed by atoms with Crippen LogP contribution >= 0.6 is 27.5 Å². The summed E-state index contributed by atoms with van der Waals surface area (Å²) < 4.78 is 6.28. The molecule has 106 valence electrons. The van der Waals surface area contributed by atoms with Gasteiger partial charge in [-0.1, -0.05) is 17.7 Å². The first-order chi connectivity index (χ1) is 9.06. The van der Waals surface area contributed by atoms with Crippen molar-refractivity contribution in [3.63, 3.8) is 0 Å². The topological polar surface area (TPSA) is 52.9 Å². The molecule has 19 heavy (non-hydrogen) atoms. The highest BCUT2D eigenvalue weighted by Gasteiger charge is 2.22. The zero-order valence-corrected chi connectivity index (χ0v) is 12.8. The summed E-state index contributed by atoms with van der Waals surface area (Å²) in [5.41, 5.74) is 0. The van der Waals surface area contributed by atoms with Gasteiger partial charge in [0.2, 0.25) is 0 Å². The van der Waals surface area contributed by atoms with Gasteiger partial charge in [0.1, 0.15) is 18.5 Å². The summed E-state index contributed by atoms with van der Waals surface area (Å²) in [4.78, 5) is 2.03. The quantitative estimate of drug-likeness (QED) is 0.852. The number of likely N-dealkylation sites (tertiary alicyclic amines) is 1. The van der Waals surface area contributed by atoms with Crippen molar-refractivity contribution in [1.29, 1.82) is 0 Å². The second kappa shape index (κ2) is 6.90. The first-order valence-corrected chi connectivity index (χ1v) is 7.38. The fraction of sp³-hybridized carbons (Fsp3) is 0.538. The van der Waals surface area contributed by atoms with Gasteiger partial charge in [0.15, 0.2) is 0 Å². The standard InChI is InChI=1S/C13H17BrClNO3/c14-11-2-1-3-12(13(11)15)19-8-10(18)7-16-5-4-9(17)6-16/h1-3,9-10,17-18H,4-8H2/t9-,10?/m1/s1. The molecule has 1 fully saturated rings. The van der Waals surface area contributed by atoms with E-state index in [1.54, 1.807) is 6.07 Å². The van der Waals surface area contributed by atoms with Crippen molar-refractivity contribution in [3.8, 4) is 5.75 Å². The summed E-state index contributed by atoms with van der Waals surface area (Å²) in [6.07, 6.45) is -0.0987. The molecule has 6 heteroatoms. The highest BCUT2D eigenvalue weighted by molar-refractivity contribution is 9.10. The third-order valence-corrected chi connectivity index (χ3v) is 4.34. The van der Waals surface area contributed by atoms with Gasteiger partial charge in [0, 0.05) is 24.1 Å². The molecule has 1 aromatic carbocycles. The second-order valence-electron chi connectivity index (χ2n) is 4.72. The maximum absolute atomic E-state index is 9.91. The second-order valence-corrected chi connectivity index (χ2v) is 5.95. The maximum Gasteiger partial charge on any atom is 0.139 e. The summed E-state index contributed by atoms with van der Waals surface area (Å²) in [5, 5.41) is 19.8. The Balaban J connectivity index is 1.80. The molecule has 1 unspecified atom stereocenters. The van der Waals surface area contributed by atoms with E-state index in [2.05, 4.69) is 15.9 Å². The Bertz CT molecular complexity index is 432. The number of rotatable bonds is 5. The van der Waals surface area contributed by atoms with Crippen LogP contribution in [0.3, 0.4) is 0 Å². The number of aliphatic hydroxyl groups is 2. The first kappa shape index (κ1) is 15.1. The van der Waals surface area contributed by atoms with Gasteiger partial charge in [-0.3, -0.25) is 4.90 Å². The Hall–Kier alpha value is -0.330. The number of halogens is 2. The monoisotopic (exact) mass is 349 g/mol. The van der Waals surface area contributed by atoms with E-state index in [9.17, 15) is 10.2 Å². The Labute approximate surface area is 126 Å². The fourth-order valence-electron chi connectivity index (χ4n) is 2.11. The van der Waals surface area contributed by atoms with Crippen LogP contribution in [-0.2, 0) is 0 Å². The van der Waals surface area contributed by atoms with Gasteiger partial charge in [-0.25, -0.2) is 0 Å². The van der Waals surface area contributed by atoms with E-state index in [0.29, 0.717) is 23.9 Å². The van der Waals surface area contributed by atoms with E-state index in [-0.39, 0.29) is 12.7 Å². The van der Waals surface area contributed by atoms with Gasteiger partial charge < -0.3 is 14.9 Å². The number of aliphatic hydroxyl groups excluding tert-OH is 2. The molecule has 1 aliphatic heterocycles. The third kappa shape index (κ3) is 4.33. The number of nitrogens with zero attached hydrogens (tertiary/aromatic N) is 1. The molecule has 1 aliphatic rings. The highest BCUT2D eigenvalue weighted by Crippen LogP contribution is 2.31. The SMILES string of the molecule is OC(COc1cccc(Br)c1Cl)CN1CC[C@@H](O)C1. The van der Waals surface area contributed by atoms with E-state index < -0.39 is 6.10 Å². The molecule has 0 radical (unpaired) electrons. The number of hydrogen-bond donors (Lipinski definition) is 2. The van der Waals surface area contributed by atoms with Crippen LogP contribution in [0.25, 0.3) is 0 Å². The minimum Gasteiger partial charge on any atom is -0.489 e. The lowest BCUT2D eigenvalue weighted by Gasteiger charge is -2.20. The smallest absolute Gasteiger partial charge is 0.139 e. The molecule has 4 nitrogen and oxygen atoms in total. The lowest BCUT2D eigenvalue weighted by atomic mass is 10.3. The highest BCUT2D eigenvalue weighted by atomic mass is 79.9. The Morgan fingerprint density at radius 2 is 2.32 bits per heavy atom. The Kier molecular flexibility index (Phi) is 5.47. The average molecular weight is 351 g/mol. The van der Waals surface area contributed by atoms with Crippen molar-refractivity contribution in [1.82, 2.24) is 4.90 Å². The minimum atomic E-state index is -0.597. The van der Waals surface area contributed by atoms with Gasteiger partial charge >= 0.3 is 0 Å². The van der Waals surface area contributed by atoms with Crippen molar-refractivity contribution in [2.45, 2.75) is 18.6 Å². The summed E-state index contributed by atoms with van der Waals surface area (Å²) in [7, 11) is 0. The summed E-state index contributed by atoms with van der Waals surface area (Å²) >= 11 is 9.39. The molecule has 0 aromatic heterocycles. The van der Waals surface area contributed by atoms with Gasteiger partial charge in [0.25, 0.3) is 0 Å². The van der Waals surface area contributed by atoms with E-state index in [4.69, 9.17) is 16.3 Å². The molecule has 1 saturated heterocycles. The molecule has 0 saturated carbocycles. The molecule has 0 amide bonds. The van der Waals surface area contributed by atoms with Crippen LogP contribution < -0.4 is 4.74 Å². The fourth-order valence-corrected chi connectivity index (χ4v) is 2.64. The largest absolute Gasteiger partial charge is 0.489 e. The molecule has 0 bridgehead atoms. The number of ether oxygens (including phenoxy) is 1. The van der Waals surface area contributed by atoms with E-state index in [1.165, 1.54) is 0 Å². The first-order valence-electron chi connectivity index (χ1n) is 6.21. The molecular formula is C13H17BrClNO3. The van der Waals surface area contributed by atoms with Crippen molar-refractivity contribution < 1.29 is 14.9 Å². The summed E-state index contributed by atoms with van der Waals surface area (Å²) in [5.74, 6) is 0.552. The lowest BCUT2D eigenvalue weighted by molar-refractivity contribution is 0.0707. The van der Waals surface area contributed by atoms with Gasteiger partial charge in [0.05, 0.1) is 11.1 Å². The molecule has 1 aromatic rings. The van der Waals surface area contributed by atoms with Crippen molar-refractivity contribution in [3.05, 3.63) is 27.7 Å². The van der Waals surface area contributed by atoms with Gasteiger partial charge in [-0.15, -0.1) is 0 Å². The third-order valence-electron chi connectivity index (χ3n) is 3.06. The maximum atomic E-state index is 9.91. The Morgan fingerprint density at radius 1 is 1.53 bits per heavy atom. The zero-order chi connectivity index (χ0) is 13.8. The molecular weight excluding hydrogens is 334 g/mol. The molecule has 2 rings (SSSR count). The predicted octanol–water partition coefficient (Wildman–Crippen LogP) is 1.91. The van der Waals surface area contributed by atoms with Crippen LogP contribution in [0.1, 0.15) is 6.42 Å². The molecule has 0 aliphatic carbocycles. The Morgan fingerprint density at radius 3 is 3.00 bits per heavy atom. The van der Waals surface area contributed by atoms with Gasteiger partial charge in [-0.05, 0) is 34.5 Å². The molecule has 1 heterocycles. The van der Waals surface area contributed by atoms with E-state index in [0.717, 1.165) is 17.4 Å². The zero-order valence-electron chi connectivity index (χ0n) is 10.4. The number of hydrogen-bond acceptors (Lipinski definition) is 4. The van der Waals surface area contributed by atoms with E-state index >= 15 is 0 Å². The minimum absolute atomic E-state index is 0.183. The number of β-amino-alcohol motifs (C(OH)–C–C–N with tert-alkyl or cyclic N) is 2. The molecule has 0 spiro atoms. The van der Waals surface area contributed by atoms with Crippen molar-refractivity contribution >= 4 is 27.5 Å². The van der Waals surface area contributed by atoms with Crippen LogP contribution in [0.15, 0.2) is 22.7 Å². The van der Waals surface area contributed by atoms with Crippen LogP contribution in [0.2, 0.25) is 5.02 Å². The van der Waals surface area contributed by atoms with Crippen LogP contribution in [0.4, 0.5) is 0 Å².